The zero-order valence-corrected chi connectivity index (χ0v) is 17.5. The molecular weight excluding hydrogens is 455 g/mol. The summed E-state index contributed by atoms with van der Waals surface area (Å²) >= 11 is 9.77. The van der Waals surface area contributed by atoms with Crippen molar-refractivity contribution in [3.8, 4) is 5.75 Å². The first-order chi connectivity index (χ1) is 13.4. The normalized spacial score (nSPS) is 17.0. The van der Waals surface area contributed by atoms with Gasteiger partial charge in [0.1, 0.15) is 11.7 Å². The number of esters is 1. The number of nitrogens with zero attached hydrogens (tertiary/aromatic N) is 4. The number of alkyl halides is 1. The number of hydrogen-bond acceptors (Lipinski definition) is 5. The Labute approximate surface area is 173 Å². The number of ether oxygens (including phenoxy) is 2. The van der Waals surface area contributed by atoms with Crippen molar-refractivity contribution in [2.75, 3.05) is 13.7 Å². The first-order valence-electron chi connectivity index (χ1n) is 8.70. The lowest BCUT2D eigenvalue weighted by Gasteiger charge is -2.15. The molecule has 0 aliphatic carbocycles. The Kier molecular flexibility index (Phi) is 5.05. The van der Waals surface area contributed by atoms with Gasteiger partial charge in [-0.2, -0.15) is 5.10 Å². The summed E-state index contributed by atoms with van der Waals surface area (Å²) in [4.78, 5) is 17.2. The van der Waals surface area contributed by atoms with Crippen LogP contribution in [0.5, 0.6) is 5.75 Å². The Balaban J connectivity index is 1.89. The van der Waals surface area contributed by atoms with E-state index < -0.39 is 18.2 Å². The van der Waals surface area contributed by atoms with Crippen molar-refractivity contribution in [1.29, 1.82) is 0 Å². The molecule has 1 aliphatic heterocycles. The van der Waals surface area contributed by atoms with Gasteiger partial charge < -0.3 is 14.0 Å². The van der Waals surface area contributed by atoms with E-state index in [9.17, 15) is 9.18 Å². The minimum absolute atomic E-state index is 0.196. The topological polar surface area (TPSA) is 71.2 Å². The second kappa shape index (κ2) is 7.36. The molecule has 1 aliphatic rings. The number of aromatic nitrogens is 4. The van der Waals surface area contributed by atoms with Gasteiger partial charge in [-0.15, -0.1) is 0 Å². The zero-order valence-electron chi connectivity index (χ0n) is 15.2. The maximum atomic E-state index is 13.9. The zero-order chi connectivity index (χ0) is 20.0. The number of methoxy groups -OCH3 is 1. The lowest BCUT2D eigenvalue weighted by molar-refractivity contribution is -0.146. The minimum atomic E-state index is -0.998. The fraction of sp³-hybridized carbons (Fsp3) is 0.389. The third-order valence-corrected chi connectivity index (χ3v) is 5.60. The predicted octanol–water partition coefficient (Wildman–Crippen LogP) is 3.70. The first kappa shape index (κ1) is 19.2. The summed E-state index contributed by atoms with van der Waals surface area (Å²) in [6.45, 7) is 2.15. The summed E-state index contributed by atoms with van der Waals surface area (Å²) in [6, 6.07) is 0.754. The van der Waals surface area contributed by atoms with E-state index in [-0.39, 0.29) is 19.6 Å². The summed E-state index contributed by atoms with van der Waals surface area (Å²) in [5.74, 6) is -0.0204. The summed E-state index contributed by atoms with van der Waals surface area (Å²) in [5.41, 5.74) is 1.60. The van der Waals surface area contributed by atoms with Crippen LogP contribution in [-0.2, 0) is 22.5 Å². The lowest BCUT2D eigenvalue weighted by atomic mass is 10.1. The predicted molar refractivity (Wildman–Crippen MR) is 105 cm³/mol. The molecule has 3 aromatic rings. The van der Waals surface area contributed by atoms with E-state index in [1.54, 1.807) is 30.1 Å². The van der Waals surface area contributed by atoms with Gasteiger partial charge in [-0.3, -0.25) is 4.68 Å². The van der Waals surface area contributed by atoms with E-state index >= 15 is 0 Å². The maximum absolute atomic E-state index is 13.9. The van der Waals surface area contributed by atoms with Crippen LogP contribution in [0.1, 0.15) is 24.4 Å². The Hall–Kier alpha value is -2.13. The SMILES string of the molecule is CCOC(=O)C(c1ncn2c1C[C@@H](F)C2)n1cc2c(Cl)cc(Br)c(OC)c2n1. The number of benzene rings is 1. The molecule has 0 N–H and O–H groups in total. The highest BCUT2D eigenvalue weighted by Crippen LogP contribution is 2.38. The molecule has 2 atom stereocenters. The highest BCUT2D eigenvalue weighted by Gasteiger charge is 2.35. The van der Waals surface area contributed by atoms with Crippen molar-refractivity contribution in [1.82, 2.24) is 19.3 Å². The van der Waals surface area contributed by atoms with Crippen molar-refractivity contribution >= 4 is 44.4 Å². The van der Waals surface area contributed by atoms with Crippen molar-refractivity contribution in [2.24, 2.45) is 0 Å². The third kappa shape index (κ3) is 3.06. The smallest absolute Gasteiger partial charge is 0.337 e. The summed E-state index contributed by atoms with van der Waals surface area (Å²) in [6.07, 6.45) is 2.40. The van der Waals surface area contributed by atoms with Gasteiger partial charge in [0.25, 0.3) is 0 Å². The lowest BCUT2D eigenvalue weighted by Crippen LogP contribution is -2.25. The number of fused-ring (bicyclic) bond motifs is 2. The van der Waals surface area contributed by atoms with E-state index in [0.29, 0.717) is 37.5 Å². The summed E-state index contributed by atoms with van der Waals surface area (Å²) < 4.78 is 28.4. The van der Waals surface area contributed by atoms with Gasteiger partial charge in [-0.1, -0.05) is 11.6 Å². The van der Waals surface area contributed by atoms with Crippen LogP contribution in [0.2, 0.25) is 5.02 Å². The molecule has 0 spiro atoms. The van der Waals surface area contributed by atoms with Crippen molar-refractivity contribution in [3.05, 3.63) is 39.5 Å². The molecule has 0 saturated heterocycles. The molecule has 0 bridgehead atoms. The largest absolute Gasteiger partial charge is 0.493 e. The van der Waals surface area contributed by atoms with Crippen LogP contribution < -0.4 is 4.74 Å². The van der Waals surface area contributed by atoms with Gasteiger partial charge in [0.2, 0.25) is 0 Å². The van der Waals surface area contributed by atoms with Gasteiger partial charge in [0.15, 0.2) is 11.8 Å². The van der Waals surface area contributed by atoms with Gasteiger partial charge in [0.05, 0.1) is 41.8 Å². The Morgan fingerprint density at radius 1 is 1.54 bits per heavy atom. The molecule has 0 saturated carbocycles. The van der Waals surface area contributed by atoms with Crippen molar-refractivity contribution in [2.45, 2.75) is 32.1 Å². The Morgan fingerprint density at radius 3 is 3.04 bits per heavy atom. The van der Waals surface area contributed by atoms with Gasteiger partial charge in [0, 0.05) is 23.7 Å². The van der Waals surface area contributed by atoms with Crippen LogP contribution in [0.3, 0.4) is 0 Å². The highest BCUT2D eigenvalue weighted by molar-refractivity contribution is 9.10. The van der Waals surface area contributed by atoms with Crippen LogP contribution in [0, 0.1) is 0 Å². The van der Waals surface area contributed by atoms with E-state index in [1.807, 2.05) is 0 Å². The number of carbonyl (C=O) groups excluding carboxylic acids is 1. The van der Waals surface area contributed by atoms with Crippen molar-refractivity contribution in [3.63, 3.8) is 0 Å². The second-order valence-electron chi connectivity index (χ2n) is 6.43. The summed E-state index contributed by atoms with van der Waals surface area (Å²) in [5, 5.41) is 5.62. The van der Waals surface area contributed by atoms with E-state index in [4.69, 9.17) is 21.1 Å². The molecule has 2 aromatic heterocycles. The Bertz CT molecular complexity index is 1070. The first-order valence-corrected chi connectivity index (χ1v) is 9.87. The molecule has 10 heteroatoms. The monoisotopic (exact) mass is 470 g/mol. The van der Waals surface area contributed by atoms with Crippen LogP contribution in [0.25, 0.3) is 10.9 Å². The van der Waals surface area contributed by atoms with Gasteiger partial charge in [-0.05, 0) is 28.9 Å². The molecule has 0 fully saturated rings. The van der Waals surface area contributed by atoms with Gasteiger partial charge >= 0.3 is 5.97 Å². The third-order valence-electron chi connectivity index (χ3n) is 4.70. The minimum Gasteiger partial charge on any atom is -0.493 e. The standard InChI is InChI=1S/C18H17BrClFN4O3/c1-3-28-18(26)16(15-13-4-9(21)6-24(13)8-22-15)25-7-10-12(20)5-11(19)17(27-2)14(10)23-25/h5,7-9,16H,3-4,6H2,1-2H3/t9-,16?/m1/s1. The molecule has 1 aromatic carbocycles. The molecule has 0 amide bonds. The van der Waals surface area contributed by atoms with E-state index in [0.717, 1.165) is 0 Å². The molecule has 4 rings (SSSR count). The van der Waals surface area contributed by atoms with E-state index in [1.165, 1.54) is 11.8 Å². The maximum Gasteiger partial charge on any atom is 0.337 e. The average Bonchev–Trinajstić information content (AvgIpc) is 3.31. The van der Waals surface area contributed by atoms with Crippen molar-refractivity contribution < 1.29 is 18.7 Å². The number of rotatable bonds is 5. The molecule has 1 unspecified atom stereocenters. The number of imidazole rings is 1. The second-order valence-corrected chi connectivity index (χ2v) is 7.69. The van der Waals surface area contributed by atoms with Crippen LogP contribution in [0.15, 0.2) is 23.1 Å². The molecule has 28 heavy (non-hydrogen) atoms. The highest BCUT2D eigenvalue weighted by atomic mass is 79.9. The van der Waals surface area contributed by atoms with Crippen LogP contribution in [0.4, 0.5) is 4.39 Å². The van der Waals surface area contributed by atoms with E-state index in [2.05, 4.69) is 26.0 Å². The number of halogens is 3. The molecular formula is C18H17BrClFN4O3. The number of carbonyl (C=O) groups is 1. The molecule has 7 nitrogen and oxygen atoms in total. The van der Waals surface area contributed by atoms with Crippen LogP contribution in [-0.4, -0.2) is 45.2 Å². The summed E-state index contributed by atoms with van der Waals surface area (Å²) in [7, 11) is 1.53. The average molecular weight is 472 g/mol. The number of hydrogen-bond donors (Lipinski definition) is 0. The quantitative estimate of drug-likeness (QED) is 0.531. The molecule has 148 valence electrons. The molecule has 3 heterocycles. The van der Waals surface area contributed by atoms with Gasteiger partial charge in [-0.25, -0.2) is 14.2 Å². The van der Waals surface area contributed by atoms with Crippen LogP contribution >= 0.6 is 27.5 Å². The molecule has 0 radical (unpaired) electrons. The Morgan fingerprint density at radius 2 is 2.32 bits per heavy atom. The fourth-order valence-electron chi connectivity index (χ4n) is 3.51. The fourth-order valence-corrected chi connectivity index (χ4v) is 4.47.